The van der Waals surface area contributed by atoms with E-state index in [2.05, 4.69) is 5.32 Å². The molecular weight excluding hydrogens is 231 g/mol. The molecule has 16 heavy (non-hydrogen) atoms. The van der Waals surface area contributed by atoms with Gasteiger partial charge in [0.25, 0.3) is 0 Å². The molecule has 0 atom stereocenters. The zero-order valence-electron chi connectivity index (χ0n) is 9.40. The van der Waals surface area contributed by atoms with E-state index in [0.717, 1.165) is 0 Å². The van der Waals surface area contributed by atoms with E-state index in [4.69, 9.17) is 17.3 Å². The maximum Gasteiger partial charge on any atom is 0.243 e. The third-order valence-corrected chi connectivity index (χ3v) is 2.39. The van der Waals surface area contributed by atoms with Crippen LogP contribution in [0.4, 0.5) is 10.1 Å². The standard InChI is InChI=1S/C11H14ClFN2O/c1-6-4-7(12)9(5-8(6)13)15-10(16)11(2,3)14/h4-5H,14H2,1-3H3,(H,15,16). The van der Waals surface area contributed by atoms with Gasteiger partial charge >= 0.3 is 0 Å². The second-order valence-corrected chi connectivity index (χ2v) is 4.66. The summed E-state index contributed by atoms with van der Waals surface area (Å²) in [5, 5.41) is 2.77. The summed E-state index contributed by atoms with van der Waals surface area (Å²) < 4.78 is 13.3. The smallest absolute Gasteiger partial charge is 0.243 e. The van der Waals surface area contributed by atoms with Gasteiger partial charge in [-0.3, -0.25) is 4.79 Å². The lowest BCUT2D eigenvalue weighted by atomic mass is 10.1. The van der Waals surface area contributed by atoms with Crippen molar-refractivity contribution in [3.63, 3.8) is 0 Å². The molecule has 0 radical (unpaired) electrons. The summed E-state index contributed by atoms with van der Waals surface area (Å²) in [5.74, 6) is -0.841. The number of hydrogen-bond donors (Lipinski definition) is 2. The summed E-state index contributed by atoms with van der Waals surface area (Å²) in [6.07, 6.45) is 0. The molecule has 1 aromatic rings. The highest BCUT2D eigenvalue weighted by molar-refractivity contribution is 6.33. The quantitative estimate of drug-likeness (QED) is 0.840. The highest BCUT2D eigenvalue weighted by atomic mass is 35.5. The fraction of sp³-hybridized carbons (Fsp3) is 0.364. The summed E-state index contributed by atoms with van der Waals surface area (Å²) in [5.41, 5.74) is 5.21. The number of aryl methyl sites for hydroxylation is 1. The molecule has 0 aliphatic rings. The molecule has 0 spiro atoms. The van der Waals surface area contributed by atoms with Gasteiger partial charge in [-0.05, 0) is 38.5 Å². The van der Waals surface area contributed by atoms with Crippen molar-refractivity contribution in [2.24, 2.45) is 5.73 Å². The summed E-state index contributed by atoms with van der Waals surface area (Å²) in [6.45, 7) is 4.71. The van der Waals surface area contributed by atoms with Crippen LogP contribution in [0.25, 0.3) is 0 Å². The molecule has 88 valence electrons. The van der Waals surface area contributed by atoms with Crippen molar-refractivity contribution in [3.05, 3.63) is 28.5 Å². The Morgan fingerprint density at radius 2 is 2.06 bits per heavy atom. The number of benzene rings is 1. The van der Waals surface area contributed by atoms with E-state index in [-0.39, 0.29) is 10.7 Å². The summed E-state index contributed by atoms with van der Waals surface area (Å²) in [7, 11) is 0. The normalized spacial score (nSPS) is 11.4. The lowest BCUT2D eigenvalue weighted by Gasteiger charge is -2.18. The molecule has 0 aliphatic carbocycles. The Morgan fingerprint density at radius 3 is 2.56 bits per heavy atom. The van der Waals surface area contributed by atoms with Gasteiger partial charge in [-0.25, -0.2) is 4.39 Å². The molecule has 1 rings (SSSR count). The Balaban J connectivity index is 2.99. The van der Waals surface area contributed by atoms with E-state index in [0.29, 0.717) is 5.56 Å². The molecule has 3 nitrogen and oxygen atoms in total. The van der Waals surface area contributed by atoms with E-state index in [1.54, 1.807) is 20.8 Å². The topological polar surface area (TPSA) is 55.1 Å². The van der Waals surface area contributed by atoms with Gasteiger partial charge in [0.05, 0.1) is 16.2 Å². The van der Waals surface area contributed by atoms with Crippen molar-refractivity contribution in [2.45, 2.75) is 26.3 Å². The van der Waals surface area contributed by atoms with Gasteiger partial charge in [0.2, 0.25) is 5.91 Å². The van der Waals surface area contributed by atoms with Gasteiger partial charge in [-0.15, -0.1) is 0 Å². The number of nitrogens with two attached hydrogens (primary N) is 1. The molecule has 0 aromatic heterocycles. The van der Waals surface area contributed by atoms with Crippen molar-refractivity contribution in [2.75, 3.05) is 5.32 Å². The van der Waals surface area contributed by atoms with E-state index in [9.17, 15) is 9.18 Å². The van der Waals surface area contributed by atoms with Crippen molar-refractivity contribution in [1.29, 1.82) is 0 Å². The van der Waals surface area contributed by atoms with E-state index in [1.807, 2.05) is 0 Å². The minimum absolute atomic E-state index is 0.230. The molecular formula is C11H14ClFN2O. The Labute approximate surface area is 98.8 Å². The maximum absolute atomic E-state index is 13.3. The van der Waals surface area contributed by atoms with Crippen LogP contribution < -0.4 is 11.1 Å². The number of nitrogens with one attached hydrogen (secondary N) is 1. The van der Waals surface area contributed by atoms with Crippen LogP contribution in [0.2, 0.25) is 5.02 Å². The second kappa shape index (κ2) is 4.39. The van der Waals surface area contributed by atoms with Crippen LogP contribution in [0.5, 0.6) is 0 Å². The molecule has 0 saturated heterocycles. The third kappa shape index (κ3) is 2.93. The number of rotatable bonds is 2. The first-order valence-corrected chi connectivity index (χ1v) is 5.15. The van der Waals surface area contributed by atoms with Crippen LogP contribution in [-0.2, 0) is 4.79 Å². The van der Waals surface area contributed by atoms with Crippen LogP contribution in [0, 0.1) is 12.7 Å². The van der Waals surface area contributed by atoms with Crippen LogP contribution in [0.3, 0.4) is 0 Å². The van der Waals surface area contributed by atoms with Crippen molar-refractivity contribution < 1.29 is 9.18 Å². The molecule has 1 amide bonds. The molecule has 1 aromatic carbocycles. The first-order chi connectivity index (χ1) is 7.21. The first-order valence-electron chi connectivity index (χ1n) is 4.78. The lowest BCUT2D eigenvalue weighted by Crippen LogP contribution is -2.45. The average Bonchev–Trinajstić information content (AvgIpc) is 2.12. The molecule has 0 fully saturated rings. The van der Waals surface area contributed by atoms with Crippen LogP contribution in [0.1, 0.15) is 19.4 Å². The van der Waals surface area contributed by atoms with Crippen LogP contribution in [-0.4, -0.2) is 11.4 Å². The van der Waals surface area contributed by atoms with Gasteiger partial charge in [-0.2, -0.15) is 0 Å². The number of hydrogen-bond acceptors (Lipinski definition) is 2. The predicted molar refractivity (Wildman–Crippen MR) is 63.0 cm³/mol. The van der Waals surface area contributed by atoms with Crippen molar-refractivity contribution in [1.82, 2.24) is 0 Å². The van der Waals surface area contributed by atoms with E-state index < -0.39 is 17.3 Å². The Hall–Kier alpha value is -1.13. The van der Waals surface area contributed by atoms with Crippen LogP contribution >= 0.6 is 11.6 Å². The third-order valence-electron chi connectivity index (χ3n) is 2.08. The monoisotopic (exact) mass is 244 g/mol. The molecule has 3 N–H and O–H groups in total. The highest BCUT2D eigenvalue weighted by Crippen LogP contribution is 2.25. The van der Waals surface area contributed by atoms with Gasteiger partial charge in [0.1, 0.15) is 5.82 Å². The van der Waals surface area contributed by atoms with Gasteiger partial charge in [-0.1, -0.05) is 11.6 Å². The number of anilines is 1. The average molecular weight is 245 g/mol. The molecule has 5 heteroatoms. The van der Waals surface area contributed by atoms with Gasteiger partial charge in [0, 0.05) is 0 Å². The molecule has 0 bridgehead atoms. The van der Waals surface area contributed by atoms with Crippen molar-refractivity contribution in [3.8, 4) is 0 Å². The predicted octanol–water partition coefficient (Wildman–Crippen LogP) is 2.46. The molecule has 0 aliphatic heterocycles. The number of amides is 1. The number of carbonyl (C=O) groups excluding carboxylic acids is 1. The second-order valence-electron chi connectivity index (χ2n) is 4.26. The lowest BCUT2D eigenvalue weighted by molar-refractivity contribution is -0.120. The van der Waals surface area contributed by atoms with E-state index in [1.165, 1.54) is 12.1 Å². The van der Waals surface area contributed by atoms with Gasteiger partial charge in [0.15, 0.2) is 0 Å². The summed E-state index contributed by atoms with van der Waals surface area (Å²) >= 11 is 5.87. The van der Waals surface area contributed by atoms with Gasteiger partial charge < -0.3 is 11.1 Å². The zero-order chi connectivity index (χ0) is 12.5. The zero-order valence-corrected chi connectivity index (χ0v) is 10.2. The highest BCUT2D eigenvalue weighted by Gasteiger charge is 2.22. The molecule has 0 heterocycles. The maximum atomic E-state index is 13.3. The fourth-order valence-corrected chi connectivity index (χ4v) is 1.29. The summed E-state index contributed by atoms with van der Waals surface area (Å²) in [4.78, 5) is 11.6. The van der Waals surface area contributed by atoms with Crippen LogP contribution in [0.15, 0.2) is 12.1 Å². The van der Waals surface area contributed by atoms with Crippen molar-refractivity contribution >= 4 is 23.2 Å². The molecule has 0 unspecified atom stereocenters. The first kappa shape index (κ1) is 12.9. The summed E-state index contributed by atoms with van der Waals surface area (Å²) in [6, 6.07) is 2.64. The minimum Gasteiger partial charge on any atom is -0.323 e. The fourth-order valence-electron chi connectivity index (χ4n) is 1.03. The SMILES string of the molecule is Cc1cc(Cl)c(NC(=O)C(C)(C)N)cc1F. The molecule has 0 saturated carbocycles. The van der Waals surface area contributed by atoms with E-state index >= 15 is 0 Å². The Bertz CT molecular complexity index is 427. The minimum atomic E-state index is -1.04. The Kier molecular flexibility index (Phi) is 3.55. The Morgan fingerprint density at radius 1 is 1.50 bits per heavy atom. The number of carbonyl (C=O) groups is 1. The number of halogens is 2. The largest absolute Gasteiger partial charge is 0.323 e.